The van der Waals surface area contributed by atoms with E-state index in [0.29, 0.717) is 5.69 Å². The number of hydroxylamine groups is 1. The van der Waals surface area contributed by atoms with Crippen molar-refractivity contribution in [2.24, 2.45) is 0 Å². The van der Waals surface area contributed by atoms with Crippen molar-refractivity contribution in [2.45, 2.75) is 13.3 Å². The minimum Gasteiger partial charge on any atom is -0.333 e. The van der Waals surface area contributed by atoms with Crippen LogP contribution in [0.25, 0.3) is 0 Å². The highest BCUT2D eigenvalue weighted by Crippen LogP contribution is 2.28. The summed E-state index contributed by atoms with van der Waals surface area (Å²) in [7, 11) is 0. The van der Waals surface area contributed by atoms with E-state index in [2.05, 4.69) is 0 Å². The minimum absolute atomic E-state index is 0.139. The van der Waals surface area contributed by atoms with Gasteiger partial charge in [-0.3, -0.25) is 9.59 Å². The molecule has 82 valence electrons. The molecule has 0 spiro atoms. The lowest BCUT2D eigenvalue weighted by Gasteiger charge is -2.14. The molecule has 1 aliphatic rings. The van der Waals surface area contributed by atoms with Crippen LogP contribution < -0.4 is 5.06 Å². The first-order valence-corrected chi connectivity index (χ1v) is 4.83. The van der Waals surface area contributed by atoms with Crippen molar-refractivity contribution in [2.75, 3.05) is 5.06 Å². The number of nitrogens with zero attached hydrogens (tertiary/aromatic N) is 1. The Hall–Kier alpha value is -2.17. The van der Waals surface area contributed by atoms with E-state index in [-0.39, 0.29) is 12.0 Å². The molecule has 1 aliphatic heterocycles. The molecule has 5 nitrogen and oxygen atoms in total. The standard InChI is InChI=1S/C11H9NO4/c1-2-9(13)16-12-8-6-4-3-5-7(8)10(14)11(12)15/h3-6H,2H2,1H3. The van der Waals surface area contributed by atoms with Crippen LogP contribution in [0.5, 0.6) is 0 Å². The van der Waals surface area contributed by atoms with Crippen molar-refractivity contribution in [3.05, 3.63) is 29.8 Å². The van der Waals surface area contributed by atoms with Crippen molar-refractivity contribution in [1.29, 1.82) is 0 Å². The van der Waals surface area contributed by atoms with Crippen LogP contribution in [0.2, 0.25) is 0 Å². The second kappa shape index (κ2) is 3.77. The van der Waals surface area contributed by atoms with Crippen LogP contribution >= 0.6 is 0 Å². The molecule has 1 aromatic carbocycles. The van der Waals surface area contributed by atoms with Gasteiger partial charge < -0.3 is 4.84 Å². The number of rotatable bonds is 2. The number of benzene rings is 1. The fourth-order valence-corrected chi connectivity index (χ4v) is 1.42. The van der Waals surface area contributed by atoms with Gasteiger partial charge in [-0.15, -0.1) is 5.06 Å². The molecule has 0 aromatic heterocycles. The third kappa shape index (κ3) is 1.46. The molecule has 0 fully saturated rings. The number of anilines is 1. The molecule has 0 unspecified atom stereocenters. The van der Waals surface area contributed by atoms with Gasteiger partial charge in [-0.2, -0.15) is 0 Å². The van der Waals surface area contributed by atoms with Crippen LogP contribution in [0, 0.1) is 0 Å². The van der Waals surface area contributed by atoms with Gasteiger partial charge in [0.2, 0.25) is 0 Å². The third-order valence-corrected chi connectivity index (χ3v) is 2.23. The smallest absolute Gasteiger partial charge is 0.332 e. The maximum absolute atomic E-state index is 11.5. The summed E-state index contributed by atoms with van der Waals surface area (Å²) in [5.41, 5.74) is 0.579. The summed E-state index contributed by atoms with van der Waals surface area (Å²) in [6.45, 7) is 1.61. The topological polar surface area (TPSA) is 63.7 Å². The van der Waals surface area contributed by atoms with E-state index in [1.807, 2.05) is 0 Å². The predicted octanol–water partition coefficient (Wildman–Crippen LogP) is 1.08. The van der Waals surface area contributed by atoms with E-state index in [4.69, 9.17) is 4.84 Å². The number of fused-ring (bicyclic) bond motifs is 1. The SMILES string of the molecule is CCC(=O)ON1C(=O)C(=O)c2ccccc21. The molecule has 1 aromatic rings. The molecule has 0 N–H and O–H groups in total. The van der Waals surface area contributed by atoms with Crippen LogP contribution in [0.4, 0.5) is 5.69 Å². The van der Waals surface area contributed by atoms with Crippen LogP contribution in [0.1, 0.15) is 23.7 Å². The highest BCUT2D eigenvalue weighted by molar-refractivity contribution is 6.51. The Morgan fingerprint density at radius 1 is 1.31 bits per heavy atom. The molecule has 0 saturated heterocycles. The first-order valence-electron chi connectivity index (χ1n) is 4.83. The highest BCUT2D eigenvalue weighted by Gasteiger charge is 2.38. The molecule has 0 saturated carbocycles. The van der Waals surface area contributed by atoms with Gasteiger partial charge in [0.1, 0.15) is 0 Å². The van der Waals surface area contributed by atoms with E-state index in [1.165, 1.54) is 6.07 Å². The zero-order valence-corrected chi connectivity index (χ0v) is 8.60. The fraction of sp³-hybridized carbons (Fsp3) is 0.182. The Bertz CT molecular complexity index is 481. The number of carbonyl (C=O) groups excluding carboxylic acids is 3. The van der Waals surface area contributed by atoms with E-state index in [0.717, 1.165) is 5.06 Å². The molecule has 16 heavy (non-hydrogen) atoms. The molecule has 0 radical (unpaired) electrons. The Labute approximate surface area is 91.6 Å². The summed E-state index contributed by atoms with van der Waals surface area (Å²) in [6.07, 6.45) is 0.139. The zero-order chi connectivity index (χ0) is 11.7. The number of amides is 1. The molecule has 0 atom stereocenters. The molecular formula is C11H9NO4. The van der Waals surface area contributed by atoms with Crippen LogP contribution in [-0.2, 0) is 14.4 Å². The number of Topliss-reactive ketones (excluding diaryl/α,β-unsaturated/α-hetero) is 1. The van der Waals surface area contributed by atoms with Crippen molar-refractivity contribution in [1.82, 2.24) is 0 Å². The average molecular weight is 219 g/mol. The van der Waals surface area contributed by atoms with Crippen molar-refractivity contribution in [3.63, 3.8) is 0 Å². The first-order chi connectivity index (χ1) is 7.65. The summed E-state index contributed by atoms with van der Waals surface area (Å²) in [5.74, 6) is -2.04. The summed E-state index contributed by atoms with van der Waals surface area (Å²) >= 11 is 0. The third-order valence-electron chi connectivity index (χ3n) is 2.23. The number of hydrogen-bond acceptors (Lipinski definition) is 4. The van der Waals surface area contributed by atoms with Crippen molar-refractivity contribution >= 4 is 23.3 Å². The summed E-state index contributed by atoms with van der Waals surface area (Å²) in [4.78, 5) is 38.9. The molecule has 0 bridgehead atoms. The van der Waals surface area contributed by atoms with E-state index in [1.54, 1.807) is 25.1 Å². The van der Waals surface area contributed by atoms with Gasteiger partial charge in [-0.05, 0) is 12.1 Å². The van der Waals surface area contributed by atoms with E-state index < -0.39 is 17.7 Å². The zero-order valence-electron chi connectivity index (χ0n) is 8.60. The lowest BCUT2D eigenvalue weighted by molar-refractivity contribution is -0.148. The Morgan fingerprint density at radius 3 is 2.69 bits per heavy atom. The van der Waals surface area contributed by atoms with Crippen molar-refractivity contribution in [3.8, 4) is 0 Å². The number of hydrogen-bond donors (Lipinski definition) is 0. The average Bonchev–Trinajstić information content (AvgIpc) is 2.55. The minimum atomic E-state index is -0.831. The summed E-state index contributed by atoms with van der Waals surface area (Å²) in [6, 6.07) is 6.39. The lowest BCUT2D eigenvalue weighted by Crippen LogP contribution is -2.32. The lowest BCUT2D eigenvalue weighted by atomic mass is 10.1. The normalized spacial score (nSPS) is 13.9. The maximum atomic E-state index is 11.5. The number of ketones is 1. The predicted molar refractivity (Wildman–Crippen MR) is 54.6 cm³/mol. The van der Waals surface area contributed by atoms with Gasteiger partial charge in [0.25, 0.3) is 5.78 Å². The second-order valence-electron chi connectivity index (χ2n) is 3.26. The molecule has 5 heteroatoms. The molecule has 1 amide bonds. The monoisotopic (exact) mass is 219 g/mol. The summed E-state index contributed by atoms with van der Waals surface area (Å²) in [5, 5.41) is 0.753. The Balaban J connectivity index is 2.37. The second-order valence-corrected chi connectivity index (χ2v) is 3.26. The van der Waals surface area contributed by atoms with Gasteiger partial charge in [-0.25, -0.2) is 4.79 Å². The summed E-state index contributed by atoms with van der Waals surface area (Å²) < 4.78 is 0. The van der Waals surface area contributed by atoms with Gasteiger partial charge in [0.05, 0.1) is 11.3 Å². The largest absolute Gasteiger partial charge is 0.333 e. The number of para-hydroxylation sites is 1. The molecule has 0 aliphatic carbocycles. The quantitative estimate of drug-likeness (QED) is 0.698. The van der Waals surface area contributed by atoms with Gasteiger partial charge in [0, 0.05) is 6.42 Å². The molecule has 1 heterocycles. The maximum Gasteiger partial charge on any atom is 0.332 e. The van der Waals surface area contributed by atoms with Crippen LogP contribution in [-0.4, -0.2) is 17.7 Å². The molecule has 2 rings (SSSR count). The Morgan fingerprint density at radius 2 is 2.00 bits per heavy atom. The fourth-order valence-electron chi connectivity index (χ4n) is 1.42. The van der Waals surface area contributed by atoms with E-state index in [9.17, 15) is 14.4 Å². The first kappa shape index (κ1) is 10.4. The molecular weight excluding hydrogens is 210 g/mol. The highest BCUT2D eigenvalue weighted by atomic mass is 16.7. The van der Waals surface area contributed by atoms with Gasteiger partial charge in [0.15, 0.2) is 0 Å². The van der Waals surface area contributed by atoms with Crippen molar-refractivity contribution < 1.29 is 19.2 Å². The van der Waals surface area contributed by atoms with Gasteiger partial charge in [-0.1, -0.05) is 19.1 Å². The van der Waals surface area contributed by atoms with E-state index >= 15 is 0 Å². The van der Waals surface area contributed by atoms with Crippen LogP contribution in [0.3, 0.4) is 0 Å². The number of carbonyl (C=O) groups is 3. The Kier molecular flexibility index (Phi) is 2.44. The van der Waals surface area contributed by atoms with Crippen LogP contribution in [0.15, 0.2) is 24.3 Å². The van der Waals surface area contributed by atoms with Gasteiger partial charge >= 0.3 is 11.9 Å².